The van der Waals surface area contributed by atoms with Crippen molar-refractivity contribution in [3.05, 3.63) is 17.5 Å². The molecular weight excluding hydrogens is 296 g/mol. The van der Waals surface area contributed by atoms with E-state index in [1.165, 1.54) is 0 Å². The van der Waals surface area contributed by atoms with Crippen LogP contribution in [0.25, 0.3) is 0 Å². The monoisotopic (exact) mass is 320 g/mol. The largest absolute Gasteiger partial charge is 0.379 e. The summed E-state index contributed by atoms with van der Waals surface area (Å²) in [6.07, 6.45) is 4.29. The number of hydrogen-bond acceptors (Lipinski definition) is 6. The highest BCUT2D eigenvalue weighted by Gasteiger charge is 2.21. The standard InChI is InChI=1S/C16H24N4O3/c1-2-14-13(15(21)18-12-4-3-7-23-11-12)10-17-16(19-14)20-5-8-22-9-6-20/h10,12H,2-9,11H2,1H3,(H,18,21)/t12-/m1/s1. The minimum absolute atomic E-state index is 0.0832. The number of anilines is 1. The molecule has 126 valence electrons. The Morgan fingerprint density at radius 2 is 2.17 bits per heavy atom. The summed E-state index contributed by atoms with van der Waals surface area (Å²) in [7, 11) is 0. The van der Waals surface area contributed by atoms with E-state index in [9.17, 15) is 4.79 Å². The molecule has 2 fully saturated rings. The van der Waals surface area contributed by atoms with Gasteiger partial charge >= 0.3 is 0 Å². The molecule has 0 unspecified atom stereocenters. The Morgan fingerprint density at radius 1 is 1.35 bits per heavy atom. The minimum Gasteiger partial charge on any atom is -0.379 e. The third-order valence-corrected chi connectivity index (χ3v) is 4.22. The molecule has 2 aliphatic rings. The first-order valence-electron chi connectivity index (χ1n) is 8.35. The number of hydrogen-bond donors (Lipinski definition) is 1. The second-order valence-electron chi connectivity index (χ2n) is 5.87. The average molecular weight is 320 g/mol. The fraction of sp³-hybridized carbons (Fsp3) is 0.688. The van der Waals surface area contributed by atoms with Gasteiger partial charge in [0.2, 0.25) is 5.95 Å². The number of morpholine rings is 1. The first-order chi connectivity index (χ1) is 11.3. The Hall–Kier alpha value is -1.73. The fourth-order valence-corrected chi connectivity index (χ4v) is 2.90. The van der Waals surface area contributed by atoms with E-state index in [1.54, 1.807) is 6.20 Å². The highest BCUT2D eigenvalue weighted by molar-refractivity contribution is 5.95. The molecule has 2 saturated heterocycles. The molecule has 1 aromatic rings. The van der Waals surface area contributed by atoms with E-state index in [2.05, 4.69) is 20.2 Å². The first kappa shape index (κ1) is 16.1. The average Bonchev–Trinajstić information content (AvgIpc) is 2.62. The van der Waals surface area contributed by atoms with Gasteiger partial charge in [-0.1, -0.05) is 6.92 Å². The number of nitrogens with zero attached hydrogens (tertiary/aromatic N) is 3. The van der Waals surface area contributed by atoms with Crippen LogP contribution < -0.4 is 10.2 Å². The molecule has 1 amide bonds. The number of amides is 1. The summed E-state index contributed by atoms with van der Waals surface area (Å²) in [4.78, 5) is 23.6. The maximum Gasteiger partial charge on any atom is 0.255 e. The lowest BCUT2D eigenvalue weighted by atomic mass is 10.1. The van der Waals surface area contributed by atoms with Gasteiger partial charge in [0.15, 0.2) is 0 Å². The zero-order valence-corrected chi connectivity index (χ0v) is 13.6. The van der Waals surface area contributed by atoms with Crippen molar-refractivity contribution >= 4 is 11.9 Å². The number of rotatable bonds is 4. The normalized spacial score (nSPS) is 22.0. The van der Waals surface area contributed by atoms with Gasteiger partial charge in [-0.05, 0) is 19.3 Å². The molecule has 1 atom stereocenters. The van der Waals surface area contributed by atoms with Crippen molar-refractivity contribution in [2.75, 3.05) is 44.4 Å². The Morgan fingerprint density at radius 3 is 2.87 bits per heavy atom. The molecule has 0 saturated carbocycles. The second-order valence-corrected chi connectivity index (χ2v) is 5.87. The third kappa shape index (κ3) is 3.97. The van der Waals surface area contributed by atoms with Gasteiger partial charge in [0.25, 0.3) is 5.91 Å². The van der Waals surface area contributed by atoms with Crippen molar-refractivity contribution in [1.29, 1.82) is 0 Å². The lowest BCUT2D eigenvalue weighted by Gasteiger charge is -2.27. The van der Waals surface area contributed by atoms with Crippen molar-refractivity contribution in [2.24, 2.45) is 0 Å². The molecule has 3 rings (SSSR count). The Kier molecular flexibility index (Phi) is 5.40. The topological polar surface area (TPSA) is 76.6 Å². The van der Waals surface area contributed by atoms with Crippen LogP contribution in [0.15, 0.2) is 6.20 Å². The zero-order valence-electron chi connectivity index (χ0n) is 13.6. The maximum absolute atomic E-state index is 12.5. The molecule has 0 aromatic carbocycles. The molecule has 7 nitrogen and oxygen atoms in total. The summed E-state index contributed by atoms with van der Waals surface area (Å²) in [5, 5.41) is 3.03. The van der Waals surface area contributed by atoms with Gasteiger partial charge in [-0.3, -0.25) is 4.79 Å². The summed E-state index contributed by atoms with van der Waals surface area (Å²) in [5.41, 5.74) is 1.35. The van der Waals surface area contributed by atoms with Crippen LogP contribution in [0.5, 0.6) is 0 Å². The number of carbonyl (C=O) groups is 1. The molecule has 23 heavy (non-hydrogen) atoms. The molecule has 3 heterocycles. The van der Waals surface area contributed by atoms with Crippen LogP contribution in [-0.4, -0.2) is 61.4 Å². The van der Waals surface area contributed by atoms with Crippen molar-refractivity contribution in [3.63, 3.8) is 0 Å². The number of nitrogens with one attached hydrogen (secondary N) is 1. The maximum atomic E-state index is 12.5. The minimum atomic E-state index is -0.106. The molecule has 0 spiro atoms. The van der Waals surface area contributed by atoms with Gasteiger partial charge in [0.1, 0.15) is 0 Å². The fourth-order valence-electron chi connectivity index (χ4n) is 2.90. The van der Waals surface area contributed by atoms with Crippen LogP contribution in [0.2, 0.25) is 0 Å². The van der Waals surface area contributed by atoms with Crippen LogP contribution in [0.4, 0.5) is 5.95 Å². The SMILES string of the molecule is CCc1nc(N2CCOCC2)ncc1C(=O)N[C@@H]1CCCOC1. The Bertz CT molecular complexity index is 540. The Balaban J connectivity index is 1.71. The summed E-state index contributed by atoms with van der Waals surface area (Å²) >= 11 is 0. The zero-order chi connectivity index (χ0) is 16.1. The molecule has 0 radical (unpaired) electrons. The van der Waals surface area contributed by atoms with Crippen molar-refractivity contribution in [2.45, 2.75) is 32.2 Å². The van der Waals surface area contributed by atoms with Crippen LogP contribution in [-0.2, 0) is 15.9 Å². The van der Waals surface area contributed by atoms with Gasteiger partial charge < -0.3 is 19.7 Å². The van der Waals surface area contributed by atoms with Gasteiger partial charge in [0.05, 0.1) is 37.1 Å². The number of aryl methyl sites for hydroxylation is 1. The summed E-state index contributed by atoms with van der Waals surface area (Å²) in [6, 6.07) is 0.0832. The van der Waals surface area contributed by atoms with Gasteiger partial charge in [-0.15, -0.1) is 0 Å². The van der Waals surface area contributed by atoms with E-state index in [4.69, 9.17) is 9.47 Å². The van der Waals surface area contributed by atoms with E-state index in [1.807, 2.05) is 6.92 Å². The smallest absolute Gasteiger partial charge is 0.255 e. The highest BCUT2D eigenvalue weighted by atomic mass is 16.5. The van der Waals surface area contributed by atoms with Crippen molar-refractivity contribution in [3.8, 4) is 0 Å². The van der Waals surface area contributed by atoms with Gasteiger partial charge in [-0.25, -0.2) is 9.97 Å². The summed E-state index contributed by atoms with van der Waals surface area (Å²) in [5.74, 6) is 0.577. The van der Waals surface area contributed by atoms with Gasteiger partial charge in [0, 0.05) is 25.9 Å². The number of ether oxygens (including phenoxy) is 2. The van der Waals surface area contributed by atoms with E-state index < -0.39 is 0 Å². The molecular formula is C16H24N4O3. The van der Waals surface area contributed by atoms with E-state index in [0.717, 1.165) is 38.2 Å². The van der Waals surface area contributed by atoms with Crippen LogP contribution >= 0.6 is 0 Å². The van der Waals surface area contributed by atoms with E-state index >= 15 is 0 Å². The quantitative estimate of drug-likeness (QED) is 0.884. The molecule has 1 N–H and O–H groups in total. The highest BCUT2D eigenvalue weighted by Crippen LogP contribution is 2.15. The number of carbonyl (C=O) groups excluding carboxylic acids is 1. The van der Waals surface area contributed by atoms with Crippen molar-refractivity contribution < 1.29 is 14.3 Å². The van der Waals surface area contributed by atoms with Gasteiger partial charge in [-0.2, -0.15) is 0 Å². The molecule has 1 aromatic heterocycles. The summed E-state index contributed by atoms with van der Waals surface area (Å²) in [6.45, 7) is 6.32. The number of aromatic nitrogens is 2. The predicted octanol–water partition coefficient (Wildman–Crippen LogP) is 0.784. The first-order valence-corrected chi connectivity index (χ1v) is 8.35. The van der Waals surface area contributed by atoms with E-state index in [0.29, 0.717) is 37.8 Å². The second kappa shape index (κ2) is 7.70. The Labute approximate surface area is 136 Å². The lowest BCUT2D eigenvalue weighted by molar-refractivity contribution is 0.0623. The summed E-state index contributed by atoms with van der Waals surface area (Å²) < 4.78 is 10.8. The van der Waals surface area contributed by atoms with Crippen LogP contribution in [0.3, 0.4) is 0 Å². The van der Waals surface area contributed by atoms with Crippen molar-refractivity contribution in [1.82, 2.24) is 15.3 Å². The predicted molar refractivity (Wildman–Crippen MR) is 85.7 cm³/mol. The lowest BCUT2D eigenvalue weighted by Crippen LogP contribution is -2.41. The molecule has 0 aliphatic carbocycles. The van der Waals surface area contributed by atoms with Crippen LogP contribution in [0.1, 0.15) is 35.8 Å². The molecule has 0 bridgehead atoms. The molecule has 7 heteroatoms. The van der Waals surface area contributed by atoms with Crippen LogP contribution in [0, 0.1) is 0 Å². The van der Waals surface area contributed by atoms with E-state index in [-0.39, 0.29) is 11.9 Å². The molecule has 2 aliphatic heterocycles. The third-order valence-electron chi connectivity index (χ3n) is 4.22.